The smallest absolute Gasteiger partial charge is 0.168 e. The zero-order valence-corrected chi connectivity index (χ0v) is 9.51. The van der Waals surface area contributed by atoms with Crippen LogP contribution in [0.15, 0.2) is 18.2 Å². The van der Waals surface area contributed by atoms with Crippen molar-refractivity contribution in [1.82, 2.24) is 5.32 Å². The summed E-state index contributed by atoms with van der Waals surface area (Å²) in [4.78, 5) is 11.7. The van der Waals surface area contributed by atoms with Crippen LogP contribution in [0.4, 0.5) is 8.78 Å². The number of rotatable bonds is 4. The lowest BCUT2D eigenvalue weighted by Gasteiger charge is -2.08. The molecule has 1 N–H and O–H groups in total. The first-order valence-corrected chi connectivity index (χ1v) is 5.86. The third kappa shape index (κ3) is 2.88. The van der Waals surface area contributed by atoms with Gasteiger partial charge in [-0.15, -0.1) is 0 Å². The van der Waals surface area contributed by atoms with E-state index in [2.05, 4.69) is 5.32 Å². The summed E-state index contributed by atoms with van der Waals surface area (Å²) in [5, 5.41) is 3.20. The number of ketones is 1. The van der Waals surface area contributed by atoms with E-state index >= 15 is 0 Å². The minimum absolute atomic E-state index is 0.212. The zero-order valence-electron chi connectivity index (χ0n) is 9.51. The Kier molecular flexibility index (Phi) is 3.84. The Morgan fingerprint density at radius 2 is 2.06 bits per heavy atom. The van der Waals surface area contributed by atoms with Crippen LogP contribution in [0.5, 0.6) is 0 Å². The van der Waals surface area contributed by atoms with Crippen LogP contribution in [0, 0.1) is 17.6 Å². The van der Waals surface area contributed by atoms with Crippen LogP contribution in [0.2, 0.25) is 0 Å². The molecule has 4 heteroatoms. The van der Waals surface area contributed by atoms with E-state index in [9.17, 15) is 13.6 Å². The number of hydrogen-bond acceptors (Lipinski definition) is 2. The monoisotopic (exact) mass is 239 g/mol. The highest BCUT2D eigenvalue weighted by atomic mass is 19.1. The molecule has 1 aliphatic rings. The summed E-state index contributed by atoms with van der Waals surface area (Å²) in [6.45, 7) is 1.86. The van der Waals surface area contributed by atoms with Gasteiger partial charge in [-0.2, -0.15) is 0 Å². The van der Waals surface area contributed by atoms with Gasteiger partial charge in [-0.25, -0.2) is 8.78 Å². The molecule has 2 rings (SSSR count). The van der Waals surface area contributed by atoms with Crippen molar-refractivity contribution in [1.29, 1.82) is 0 Å². The fourth-order valence-corrected chi connectivity index (χ4v) is 2.19. The SMILES string of the molecule is O=C(CCC1CCNC1)c1c(F)cccc1F. The third-order valence-corrected chi connectivity index (χ3v) is 3.18. The second-order valence-electron chi connectivity index (χ2n) is 4.42. The van der Waals surface area contributed by atoms with E-state index in [1.807, 2.05) is 0 Å². The van der Waals surface area contributed by atoms with Crippen LogP contribution in [0.3, 0.4) is 0 Å². The summed E-state index contributed by atoms with van der Waals surface area (Å²) >= 11 is 0. The maximum atomic E-state index is 13.3. The largest absolute Gasteiger partial charge is 0.316 e. The average molecular weight is 239 g/mol. The summed E-state index contributed by atoms with van der Waals surface area (Å²) in [6, 6.07) is 3.50. The van der Waals surface area contributed by atoms with Gasteiger partial charge in [0.2, 0.25) is 0 Å². The van der Waals surface area contributed by atoms with E-state index in [-0.39, 0.29) is 6.42 Å². The number of hydrogen-bond donors (Lipinski definition) is 1. The Morgan fingerprint density at radius 1 is 1.35 bits per heavy atom. The number of carbonyl (C=O) groups is 1. The van der Waals surface area contributed by atoms with Gasteiger partial charge < -0.3 is 5.32 Å². The fourth-order valence-electron chi connectivity index (χ4n) is 2.19. The Balaban J connectivity index is 1.99. The lowest BCUT2D eigenvalue weighted by atomic mass is 9.97. The van der Waals surface area contributed by atoms with Gasteiger partial charge in [0.25, 0.3) is 0 Å². The van der Waals surface area contributed by atoms with Gasteiger partial charge >= 0.3 is 0 Å². The van der Waals surface area contributed by atoms with Gasteiger partial charge in [-0.05, 0) is 44.0 Å². The Morgan fingerprint density at radius 3 is 2.65 bits per heavy atom. The van der Waals surface area contributed by atoms with Crippen molar-refractivity contribution in [3.05, 3.63) is 35.4 Å². The van der Waals surface area contributed by atoms with Crippen molar-refractivity contribution in [3.8, 4) is 0 Å². The molecule has 1 aliphatic heterocycles. The molecule has 0 spiro atoms. The van der Waals surface area contributed by atoms with E-state index in [1.165, 1.54) is 6.07 Å². The second kappa shape index (κ2) is 5.36. The molecule has 92 valence electrons. The van der Waals surface area contributed by atoms with Crippen LogP contribution < -0.4 is 5.32 Å². The molecule has 1 heterocycles. The molecule has 0 radical (unpaired) electrons. The standard InChI is InChI=1S/C13H15F2NO/c14-10-2-1-3-11(15)13(10)12(17)5-4-9-6-7-16-8-9/h1-3,9,16H,4-8H2. The van der Waals surface area contributed by atoms with Crippen LogP contribution >= 0.6 is 0 Å². The van der Waals surface area contributed by atoms with E-state index < -0.39 is 23.0 Å². The Labute approximate surface area is 99.0 Å². The first-order valence-electron chi connectivity index (χ1n) is 5.86. The molecule has 0 saturated carbocycles. The second-order valence-corrected chi connectivity index (χ2v) is 4.42. The van der Waals surface area contributed by atoms with Crippen molar-refractivity contribution in [3.63, 3.8) is 0 Å². The van der Waals surface area contributed by atoms with Gasteiger partial charge in [0, 0.05) is 6.42 Å². The number of benzene rings is 1. The first kappa shape index (κ1) is 12.2. The molecule has 0 amide bonds. The quantitative estimate of drug-likeness (QED) is 0.818. The molecule has 1 saturated heterocycles. The van der Waals surface area contributed by atoms with E-state index in [0.29, 0.717) is 12.3 Å². The van der Waals surface area contributed by atoms with E-state index in [1.54, 1.807) is 0 Å². The van der Waals surface area contributed by atoms with Gasteiger partial charge in [0.1, 0.15) is 11.6 Å². The van der Waals surface area contributed by atoms with Gasteiger partial charge in [0.15, 0.2) is 5.78 Å². The molecule has 0 aliphatic carbocycles. The van der Waals surface area contributed by atoms with Crippen LogP contribution in [0.1, 0.15) is 29.6 Å². The maximum absolute atomic E-state index is 13.3. The highest BCUT2D eigenvalue weighted by Crippen LogP contribution is 2.19. The van der Waals surface area contributed by atoms with Gasteiger partial charge in [0.05, 0.1) is 5.56 Å². The average Bonchev–Trinajstić information content (AvgIpc) is 2.79. The minimum Gasteiger partial charge on any atom is -0.316 e. The maximum Gasteiger partial charge on any atom is 0.168 e. The van der Waals surface area contributed by atoms with E-state index in [0.717, 1.165) is 31.6 Å². The van der Waals surface area contributed by atoms with Crippen molar-refractivity contribution < 1.29 is 13.6 Å². The predicted molar refractivity (Wildman–Crippen MR) is 60.9 cm³/mol. The topological polar surface area (TPSA) is 29.1 Å². The van der Waals surface area contributed by atoms with Gasteiger partial charge in [-0.1, -0.05) is 6.07 Å². The summed E-state index contributed by atoms with van der Waals surface area (Å²) in [6.07, 6.45) is 1.94. The fraction of sp³-hybridized carbons (Fsp3) is 0.462. The predicted octanol–water partition coefficient (Wildman–Crippen LogP) is 2.54. The molecule has 0 aromatic heterocycles. The first-order chi connectivity index (χ1) is 8.18. The van der Waals surface area contributed by atoms with Crippen molar-refractivity contribution in [2.45, 2.75) is 19.3 Å². The lowest BCUT2D eigenvalue weighted by molar-refractivity contribution is 0.0966. The lowest BCUT2D eigenvalue weighted by Crippen LogP contribution is -2.12. The molecule has 1 aromatic rings. The van der Waals surface area contributed by atoms with E-state index in [4.69, 9.17) is 0 Å². The third-order valence-electron chi connectivity index (χ3n) is 3.18. The van der Waals surface area contributed by atoms with Crippen molar-refractivity contribution >= 4 is 5.78 Å². The van der Waals surface area contributed by atoms with Crippen molar-refractivity contribution in [2.24, 2.45) is 5.92 Å². The zero-order chi connectivity index (χ0) is 12.3. The summed E-state index contributed by atoms with van der Waals surface area (Å²) in [5.74, 6) is -1.51. The molecule has 0 bridgehead atoms. The van der Waals surface area contributed by atoms with Crippen LogP contribution in [0.25, 0.3) is 0 Å². The van der Waals surface area contributed by atoms with Crippen LogP contribution in [-0.2, 0) is 0 Å². The highest BCUT2D eigenvalue weighted by molar-refractivity contribution is 5.96. The highest BCUT2D eigenvalue weighted by Gasteiger charge is 2.20. The normalized spacial score (nSPS) is 19.5. The summed E-state index contributed by atoms with van der Waals surface area (Å²) in [7, 11) is 0. The number of halogens is 2. The molecular formula is C13H15F2NO. The van der Waals surface area contributed by atoms with Crippen LogP contribution in [-0.4, -0.2) is 18.9 Å². The molecule has 1 aromatic carbocycles. The number of nitrogens with one attached hydrogen (secondary N) is 1. The summed E-state index contributed by atoms with van der Waals surface area (Å²) < 4.78 is 26.7. The van der Waals surface area contributed by atoms with Gasteiger partial charge in [-0.3, -0.25) is 4.79 Å². The Bertz CT molecular complexity index is 394. The van der Waals surface area contributed by atoms with Crippen molar-refractivity contribution in [2.75, 3.05) is 13.1 Å². The number of carbonyl (C=O) groups excluding carboxylic acids is 1. The molecule has 2 nitrogen and oxygen atoms in total. The minimum atomic E-state index is -0.764. The number of Topliss-reactive ketones (excluding diaryl/α,β-unsaturated/α-hetero) is 1. The molecule has 1 atom stereocenters. The molecule has 1 fully saturated rings. The molecular weight excluding hydrogens is 224 g/mol. The Hall–Kier alpha value is -1.29. The summed E-state index contributed by atoms with van der Waals surface area (Å²) in [5.41, 5.74) is -0.390. The molecule has 17 heavy (non-hydrogen) atoms. The molecule has 1 unspecified atom stereocenters.